The third-order valence-corrected chi connectivity index (χ3v) is 0.179. The summed E-state index contributed by atoms with van der Waals surface area (Å²) in [5.41, 5.74) is 0. The molecule has 1 nitrogen and oxygen atoms in total. The molecule has 0 saturated heterocycles. The summed E-state index contributed by atoms with van der Waals surface area (Å²) in [5.74, 6) is 0. The third-order valence-electron chi connectivity index (χ3n) is 0.179. The summed E-state index contributed by atoms with van der Waals surface area (Å²) in [5, 5.41) is 7.28. The summed E-state index contributed by atoms with van der Waals surface area (Å²) in [6.45, 7) is -1.73. The zero-order chi connectivity index (χ0) is 5.21. The first-order valence-corrected chi connectivity index (χ1v) is 1.24. The van der Waals surface area contributed by atoms with E-state index < -0.39 is 12.8 Å². The standard InChI is InChI=1S/C2H3F3O.Ta/c3-2(4,5)1-6;/h6H,1H2;. The van der Waals surface area contributed by atoms with Gasteiger partial charge in [-0.05, 0) is 0 Å². The summed E-state index contributed by atoms with van der Waals surface area (Å²) in [6.07, 6.45) is -4.40. The Hall–Kier alpha value is 0.490. The molecule has 1 radical (unpaired) electrons. The van der Waals surface area contributed by atoms with Crippen molar-refractivity contribution in [3.63, 3.8) is 0 Å². The number of alkyl halides is 3. The molecule has 0 atom stereocenters. The second-order valence-electron chi connectivity index (χ2n) is 0.773. The number of halogens is 3. The first-order chi connectivity index (χ1) is 2.56. The normalized spacial score (nSPS) is 10.3. The molecule has 0 heterocycles. The van der Waals surface area contributed by atoms with Crippen molar-refractivity contribution in [1.82, 2.24) is 0 Å². The van der Waals surface area contributed by atoms with E-state index in [0.717, 1.165) is 0 Å². The summed E-state index contributed by atoms with van der Waals surface area (Å²) in [6, 6.07) is 0. The maximum atomic E-state index is 10.5. The minimum atomic E-state index is -4.40. The fourth-order valence-corrected chi connectivity index (χ4v) is 0. The molecule has 0 aromatic carbocycles. The Morgan fingerprint density at radius 3 is 1.43 bits per heavy atom. The van der Waals surface area contributed by atoms with E-state index in [1.165, 1.54) is 0 Å². The maximum Gasteiger partial charge on any atom is 0.411 e. The number of hydrogen-bond donors (Lipinski definition) is 1. The number of aliphatic hydroxyl groups is 1. The quantitative estimate of drug-likeness (QED) is 0.687. The van der Waals surface area contributed by atoms with E-state index in [0.29, 0.717) is 0 Å². The van der Waals surface area contributed by atoms with Crippen molar-refractivity contribution >= 4 is 0 Å². The van der Waals surface area contributed by atoms with Crippen molar-refractivity contribution in [2.45, 2.75) is 6.18 Å². The minimum absolute atomic E-state index is 0. The van der Waals surface area contributed by atoms with Crippen LogP contribution in [0.25, 0.3) is 0 Å². The van der Waals surface area contributed by atoms with Crippen LogP contribution in [0, 0.1) is 0 Å². The van der Waals surface area contributed by atoms with Crippen LogP contribution in [0.2, 0.25) is 0 Å². The molecule has 0 rings (SSSR count). The van der Waals surface area contributed by atoms with E-state index in [1.807, 2.05) is 0 Å². The minimum Gasteiger partial charge on any atom is -0.387 e. The molecule has 0 saturated carbocycles. The third kappa shape index (κ3) is 10.7. The predicted molar refractivity (Wildman–Crippen MR) is 13.1 cm³/mol. The van der Waals surface area contributed by atoms with Gasteiger partial charge in [-0.15, -0.1) is 0 Å². The van der Waals surface area contributed by atoms with Gasteiger partial charge in [-0.2, -0.15) is 13.2 Å². The van der Waals surface area contributed by atoms with E-state index >= 15 is 0 Å². The van der Waals surface area contributed by atoms with Crippen molar-refractivity contribution in [3.8, 4) is 0 Å². The molecule has 0 aromatic rings. The van der Waals surface area contributed by atoms with Gasteiger partial charge in [0, 0.05) is 22.4 Å². The van der Waals surface area contributed by atoms with Crippen molar-refractivity contribution in [3.05, 3.63) is 0 Å². The SMILES string of the molecule is OCC(F)(F)F.[Ta]. The van der Waals surface area contributed by atoms with E-state index in [1.54, 1.807) is 0 Å². The predicted octanol–water partition coefficient (Wildman–Crippen LogP) is 0.539. The summed E-state index contributed by atoms with van der Waals surface area (Å²) in [7, 11) is 0. The summed E-state index contributed by atoms with van der Waals surface area (Å²) in [4.78, 5) is 0. The van der Waals surface area contributed by atoms with Crippen LogP contribution in [0.4, 0.5) is 13.2 Å². The van der Waals surface area contributed by atoms with Gasteiger partial charge in [-0.3, -0.25) is 0 Å². The van der Waals surface area contributed by atoms with Crippen LogP contribution in [0.5, 0.6) is 0 Å². The Kier molecular flexibility index (Phi) is 5.21. The van der Waals surface area contributed by atoms with Crippen molar-refractivity contribution in [1.29, 1.82) is 0 Å². The largest absolute Gasteiger partial charge is 0.411 e. The molecule has 0 aliphatic heterocycles. The zero-order valence-corrected chi connectivity index (χ0v) is 6.45. The second-order valence-corrected chi connectivity index (χ2v) is 0.773. The fraction of sp³-hybridized carbons (Fsp3) is 1.00. The van der Waals surface area contributed by atoms with Gasteiger partial charge < -0.3 is 5.11 Å². The second kappa shape index (κ2) is 3.49. The van der Waals surface area contributed by atoms with Crippen LogP contribution in [-0.4, -0.2) is 17.9 Å². The molecule has 0 aliphatic rings. The smallest absolute Gasteiger partial charge is 0.387 e. The number of aliphatic hydroxyl groups excluding tert-OH is 1. The van der Waals surface area contributed by atoms with Crippen LogP contribution in [0.3, 0.4) is 0 Å². The summed E-state index contributed by atoms with van der Waals surface area (Å²) >= 11 is 0. The van der Waals surface area contributed by atoms with Crippen molar-refractivity contribution < 1.29 is 40.7 Å². The molecule has 43 valence electrons. The van der Waals surface area contributed by atoms with E-state index in [4.69, 9.17) is 5.11 Å². The van der Waals surface area contributed by atoms with Crippen LogP contribution in [0.15, 0.2) is 0 Å². The molecule has 0 aromatic heterocycles. The van der Waals surface area contributed by atoms with Crippen LogP contribution >= 0.6 is 0 Å². The zero-order valence-electron chi connectivity index (χ0n) is 3.24. The molecule has 0 amide bonds. The first-order valence-electron chi connectivity index (χ1n) is 1.24. The average Bonchev–Trinajstić information content (AvgIpc) is 1.35. The van der Waals surface area contributed by atoms with Crippen LogP contribution in [-0.2, 0) is 22.4 Å². The molecule has 0 unspecified atom stereocenters. The molecule has 5 heteroatoms. The molecule has 0 aliphatic carbocycles. The van der Waals surface area contributed by atoms with E-state index in [2.05, 4.69) is 0 Å². The van der Waals surface area contributed by atoms with Gasteiger partial charge >= 0.3 is 6.18 Å². The van der Waals surface area contributed by atoms with Gasteiger partial charge in [0.15, 0.2) is 0 Å². The monoisotopic (exact) mass is 281 g/mol. The maximum absolute atomic E-state index is 10.5. The van der Waals surface area contributed by atoms with Crippen molar-refractivity contribution in [2.75, 3.05) is 6.61 Å². The van der Waals surface area contributed by atoms with E-state index in [9.17, 15) is 13.2 Å². The molecule has 1 N–H and O–H groups in total. The Morgan fingerprint density at radius 1 is 1.29 bits per heavy atom. The summed E-state index contributed by atoms with van der Waals surface area (Å²) < 4.78 is 31.6. The fourth-order valence-electron chi connectivity index (χ4n) is 0. The Balaban J connectivity index is 0. The molecule has 0 bridgehead atoms. The molecule has 0 fully saturated rings. The van der Waals surface area contributed by atoms with Crippen LogP contribution < -0.4 is 0 Å². The average molecular weight is 281 g/mol. The first kappa shape index (κ1) is 10.5. The van der Waals surface area contributed by atoms with Crippen molar-refractivity contribution in [2.24, 2.45) is 0 Å². The van der Waals surface area contributed by atoms with Crippen LogP contribution in [0.1, 0.15) is 0 Å². The number of rotatable bonds is 0. The molecular weight excluding hydrogens is 278 g/mol. The molecule has 0 spiro atoms. The Morgan fingerprint density at radius 2 is 1.43 bits per heavy atom. The topological polar surface area (TPSA) is 20.2 Å². The van der Waals surface area contributed by atoms with Gasteiger partial charge in [0.05, 0.1) is 0 Å². The Bertz CT molecular complexity index is 42.7. The van der Waals surface area contributed by atoms with Gasteiger partial charge in [-0.1, -0.05) is 0 Å². The van der Waals surface area contributed by atoms with E-state index in [-0.39, 0.29) is 22.4 Å². The van der Waals surface area contributed by atoms with Gasteiger partial charge in [0.25, 0.3) is 0 Å². The molecule has 7 heavy (non-hydrogen) atoms. The molecular formula is C2H3F3OTa. The van der Waals surface area contributed by atoms with Gasteiger partial charge in [0.1, 0.15) is 6.61 Å². The Labute approximate surface area is 54.0 Å². The van der Waals surface area contributed by atoms with Gasteiger partial charge in [-0.25, -0.2) is 0 Å². The van der Waals surface area contributed by atoms with Gasteiger partial charge in [0.2, 0.25) is 0 Å². The number of hydrogen-bond acceptors (Lipinski definition) is 1.